The van der Waals surface area contributed by atoms with E-state index in [2.05, 4.69) is 10.6 Å². The van der Waals surface area contributed by atoms with Crippen molar-refractivity contribution < 1.29 is 19.1 Å². The number of hydrogen-bond acceptors (Lipinski definition) is 4. The summed E-state index contributed by atoms with van der Waals surface area (Å²) in [5.41, 5.74) is 2.65. The Balaban J connectivity index is 1.92. The molecule has 1 unspecified atom stereocenters. The van der Waals surface area contributed by atoms with Gasteiger partial charge in [-0.15, -0.1) is 0 Å². The van der Waals surface area contributed by atoms with Crippen LogP contribution in [-0.2, 0) is 16.0 Å². The molecular weight excluding hydrogens is 344 g/mol. The highest BCUT2D eigenvalue weighted by Crippen LogP contribution is 2.28. The van der Waals surface area contributed by atoms with Crippen LogP contribution in [-0.4, -0.2) is 26.0 Å². The first-order chi connectivity index (χ1) is 12.9. The molecule has 1 atom stereocenters. The number of hydrogen-bond donors (Lipinski definition) is 2. The Hall–Kier alpha value is -3.02. The van der Waals surface area contributed by atoms with Crippen molar-refractivity contribution in [2.45, 2.75) is 32.7 Å². The molecule has 144 valence electrons. The summed E-state index contributed by atoms with van der Waals surface area (Å²) in [6, 6.07) is 12.9. The molecule has 0 aliphatic carbocycles. The molecule has 0 spiro atoms. The van der Waals surface area contributed by atoms with Gasteiger partial charge in [-0.1, -0.05) is 18.2 Å². The molecule has 0 saturated carbocycles. The van der Waals surface area contributed by atoms with Crippen LogP contribution in [0.1, 0.15) is 37.4 Å². The topological polar surface area (TPSA) is 76.7 Å². The van der Waals surface area contributed by atoms with E-state index < -0.39 is 0 Å². The van der Waals surface area contributed by atoms with Crippen molar-refractivity contribution in [1.29, 1.82) is 0 Å². The van der Waals surface area contributed by atoms with Gasteiger partial charge in [0.1, 0.15) is 0 Å². The van der Waals surface area contributed by atoms with Crippen molar-refractivity contribution in [3.05, 3.63) is 53.6 Å². The molecule has 0 fully saturated rings. The number of anilines is 1. The second kappa shape index (κ2) is 9.62. The van der Waals surface area contributed by atoms with Crippen molar-refractivity contribution in [2.24, 2.45) is 0 Å². The van der Waals surface area contributed by atoms with Gasteiger partial charge in [-0.3, -0.25) is 9.59 Å². The second-order valence-corrected chi connectivity index (χ2v) is 6.29. The van der Waals surface area contributed by atoms with Crippen LogP contribution in [0.5, 0.6) is 11.5 Å². The molecule has 2 aromatic rings. The molecule has 27 heavy (non-hydrogen) atoms. The lowest BCUT2D eigenvalue weighted by atomic mass is 10.1. The third kappa shape index (κ3) is 6.02. The maximum Gasteiger partial charge on any atom is 0.221 e. The van der Waals surface area contributed by atoms with E-state index in [1.807, 2.05) is 49.4 Å². The first kappa shape index (κ1) is 20.3. The van der Waals surface area contributed by atoms with Crippen molar-refractivity contribution in [3.63, 3.8) is 0 Å². The molecule has 0 aliphatic heterocycles. The molecule has 6 nitrogen and oxygen atoms in total. The maximum absolute atomic E-state index is 12.3. The Labute approximate surface area is 159 Å². The normalized spacial score (nSPS) is 11.4. The molecule has 2 rings (SSSR count). The highest BCUT2D eigenvalue weighted by molar-refractivity contribution is 5.88. The van der Waals surface area contributed by atoms with Gasteiger partial charge in [-0.25, -0.2) is 0 Å². The van der Waals surface area contributed by atoms with Gasteiger partial charge < -0.3 is 20.1 Å². The quantitative estimate of drug-likeness (QED) is 0.746. The minimum atomic E-state index is -0.156. The third-order valence-electron chi connectivity index (χ3n) is 4.17. The molecule has 2 amide bonds. The fraction of sp³-hybridized carbons (Fsp3) is 0.333. The van der Waals surface area contributed by atoms with E-state index in [1.54, 1.807) is 14.2 Å². The van der Waals surface area contributed by atoms with Gasteiger partial charge in [-0.2, -0.15) is 0 Å². The number of carbonyl (C=O) groups excluding carboxylic acids is 2. The third-order valence-corrected chi connectivity index (χ3v) is 4.17. The molecular formula is C21H26N2O4. The van der Waals surface area contributed by atoms with E-state index in [-0.39, 0.29) is 17.9 Å². The molecule has 0 aromatic heterocycles. The van der Waals surface area contributed by atoms with E-state index in [0.29, 0.717) is 30.0 Å². The van der Waals surface area contributed by atoms with E-state index in [1.165, 1.54) is 6.92 Å². The monoisotopic (exact) mass is 370 g/mol. The Bertz CT molecular complexity index is 805. The zero-order chi connectivity index (χ0) is 19.8. The van der Waals surface area contributed by atoms with Crippen molar-refractivity contribution in [1.82, 2.24) is 5.32 Å². The van der Waals surface area contributed by atoms with Crippen LogP contribution in [0, 0.1) is 0 Å². The Morgan fingerprint density at radius 1 is 1.04 bits per heavy atom. The average molecular weight is 370 g/mol. The molecule has 0 saturated heterocycles. The predicted molar refractivity (Wildman–Crippen MR) is 105 cm³/mol. The van der Waals surface area contributed by atoms with Gasteiger partial charge in [0.2, 0.25) is 11.8 Å². The molecule has 6 heteroatoms. The van der Waals surface area contributed by atoms with Gasteiger partial charge in [0.15, 0.2) is 11.5 Å². The molecule has 0 heterocycles. The van der Waals surface area contributed by atoms with Crippen LogP contribution in [0.4, 0.5) is 5.69 Å². The Morgan fingerprint density at radius 2 is 1.78 bits per heavy atom. The smallest absolute Gasteiger partial charge is 0.221 e. The predicted octanol–water partition coefficient (Wildman–Crippen LogP) is 3.47. The van der Waals surface area contributed by atoms with Crippen molar-refractivity contribution >= 4 is 17.5 Å². The summed E-state index contributed by atoms with van der Waals surface area (Å²) in [4.78, 5) is 23.5. The molecule has 0 aliphatic rings. The highest BCUT2D eigenvalue weighted by atomic mass is 16.5. The molecule has 0 bridgehead atoms. The lowest BCUT2D eigenvalue weighted by Crippen LogP contribution is -2.26. The number of aryl methyl sites for hydroxylation is 1. The average Bonchev–Trinajstić information content (AvgIpc) is 2.65. The Kier molecular flexibility index (Phi) is 7.23. The second-order valence-electron chi connectivity index (χ2n) is 6.29. The van der Waals surface area contributed by atoms with E-state index in [9.17, 15) is 9.59 Å². The van der Waals surface area contributed by atoms with E-state index in [0.717, 1.165) is 11.1 Å². The summed E-state index contributed by atoms with van der Waals surface area (Å²) in [5, 5.41) is 5.74. The van der Waals surface area contributed by atoms with Gasteiger partial charge in [0.05, 0.1) is 20.3 Å². The molecule has 2 N–H and O–H groups in total. The molecule has 0 radical (unpaired) electrons. The fourth-order valence-corrected chi connectivity index (χ4v) is 2.78. The van der Waals surface area contributed by atoms with Crippen LogP contribution in [0.2, 0.25) is 0 Å². The van der Waals surface area contributed by atoms with Crippen LogP contribution in [0.15, 0.2) is 42.5 Å². The van der Waals surface area contributed by atoms with Crippen LogP contribution in [0.3, 0.4) is 0 Å². The first-order valence-corrected chi connectivity index (χ1v) is 8.80. The number of carbonyl (C=O) groups is 2. The number of nitrogens with one attached hydrogen (secondary N) is 2. The summed E-state index contributed by atoms with van der Waals surface area (Å²) in [6.45, 7) is 3.38. The number of benzene rings is 2. The standard InChI is InChI=1S/C21H26N2O4/c1-14(17-6-5-7-18(13-17)23-15(2)24)22-21(25)11-9-16-8-10-19(26-3)20(12-16)27-4/h5-8,10,12-14H,9,11H2,1-4H3,(H,22,25)(H,23,24). The minimum Gasteiger partial charge on any atom is -0.493 e. The summed E-state index contributed by atoms with van der Waals surface area (Å²) >= 11 is 0. The lowest BCUT2D eigenvalue weighted by molar-refractivity contribution is -0.121. The fourth-order valence-electron chi connectivity index (χ4n) is 2.78. The van der Waals surface area contributed by atoms with Crippen molar-refractivity contribution in [3.8, 4) is 11.5 Å². The minimum absolute atomic E-state index is 0.0396. The zero-order valence-electron chi connectivity index (χ0n) is 16.2. The largest absolute Gasteiger partial charge is 0.493 e. The Morgan fingerprint density at radius 3 is 2.44 bits per heavy atom. The lowest BCUT2D eigenvalue weighted by Gasteiger charge is -2.16. The van der Waals surface area contributed by atoms with Gasteiger partial charge in [0.25, 0.3) is 0 Å². The summed E-state index contributed by atoms with van der Waals surface area (Å²) in [7, 11) is 3.18. The van der Waals surface area contributed by atoms with Crippen LogP contribution >= 0.6 is 0 Å². The number of ether oxygens (including phenoxy) is 2. The SMILES string of the molecule is COc1ccc(CCC(=O)NC(C)c2cccc(NC(C)=O)c2)cc1OC. The van der Waals surface area contributed by atoms with Crippen LogP contribution in [0.25, 0.3) is 0 Å². The number of amides is 2. The first-order valence-electron chi connectivity index (χ1n) is 8.80. The summed E-state index contributed by atoms with van der Waals surface area (Å²) in [5.74, 6) is 1.15. The molecule has 2 aromatic carbocycles. The van der Waals surface area contributed by atoms with Gasteiger partial charge in [-0.05, 0) is 48.7 Å². The number of rotatable bonds is 8. The van der Waals surface area contributed by atoms with E-state index >= 15 is 0 Å². The summed E-state index contributed by atoms with van der Waals surface area (Å²) in [6.07, 6.45) is 0.968. The summed E-state index contributed by atoms with van der Waals surface area (Å²) < 4.78 is 10.5. The number of methoxy groups -OCH3 is 2. The zero-order valence-corrected chi connectivity index (χ0v) is 16.2. The van der Waals surface area contributed by atoms with Crippen molar-refractivity contribution in [2.75, 3.05) is 19.5 Å². The van der Waals surface area contributed by atoms with Gasteiger partial charge in [0, 0.05) is 19.0 Å². The van der Waals surface area contributed by atoms with E-state index in [4.69, 9.17) is 9.47 Å². The van der Waals surface area contributed by atoms with Gasteiger partial charge >= 0.3 is 0 Å². The highest BCUT2D eigenvalue weighted by Gasteiger charge is 2.11. The maximum atomic E-state index is 12.3. The van der Waals surface area contributed by atoms with Crippen LogP contribution < -0.4 is 20.1 Å².